The maximum atomic E-state index is 5.65. The van der Waals surface area contributed by atoms with Gasteiger partial charge in [-0.15, -0.1) is 0 Å². The van der Waals surface area contributed by atoms with Crippen LogP contribution in [0.2, 0.25) is 0 Å². The van der Waals surface area contributed by atoms with Crippen molar-refractivity contribution in [2.24, 2.45) is 0 Å². The van der Waals surface area contributed by atoms with Crippen LogP contribution in [-0.2, 0) is 14.2 Å². The molecule has 2 fully saturated rings. The van der Waals surface area contributed by atoms with E-state index in [1.807, 2.05) is 0 Å². The SMILES string of the molecule is C1=C(N2CCCC2)CO[C@H]2OCCO[C@@H]12. The lowest BCUT2D eigenvalue weighted by atomic mass is 10.2. The van der Waals surface area contributed by atoms with E-state index in [2.05, 4.69) is 11.0 Å². The Morgan fingerprint density at radius 3 is 2.73 bits per heavy atom. The Balaban J connectivity index is 1.71. The van der Waals surface area contributed by atoms with Gasteiger partial charge in [0.2, 0.25) is 0 Å². The van der Waals surface area contributed by atoms with Crippen molar-refractivity contribution >= 4 is 0 Å². The fourth-order valence-corrected chi connectivity index (χ4v) is 2.40. The highest BCUT2D eigenvalue weighted by Gasteiger charge is 2.31. The molecular weight excluding hydrogens is 194 g/mol. The summed E-state index contributed by atoms with van der Waals surface area (Å²) in [6.45, 7) is 4.31. The summed E-state index contributed by atoms with van der Waals surface area (Å²) in [6.07, 6.45) is 4.60. The van der Waals surface area contributed by atoms with Crippen LogP contribution in [0.3, 0.4) is 0 Å². The Kier molecular flexibility index (Phi) is 2.64. The third-order valence-corrected chi connectivity index (χ3v) is 3.21. The summed E-state index contributed by atoms with van der Waals surface area (Å²) in [5.74, 6) is 0. The number of hydrogen-bond donors (Lipinski definition) is 0. The molecule has 0 unspecified atom stereocenters. The molecule has 3 heterocycles. The van der Waals surface area contributed by atoms with Crippen LogP contribution in [-0.4, -0.2) is 50.2 Å². The van der Waals surface area contributed by atoms with Gasteiger partial charge in [-0.2, -0.15) is 0 Å². The predicted octanol–water partition coefficient (Wildman–Crippen LogP) is 0.738. The second-order valence-electron chi connectivity index (χ2n) is 4.24. The molecule has 0 aliphatic carbocycles. The zero-order valence-electron chi connectivity index (χ0n) is 8.85. The molecule has 84 valence electrons. The van der Waals surface area contributed by atoms with Crippen molar-refractivity contribution in [2.75, 3.05) is 32.9 Å². The van der Waals surface area contributed by atoms with Crippen molar-refractivity contribution < 1.29 is 14.2 Å². The third kappa shape index (κ3) is 1.89. The highest BCUT2D eigenvalue weighted by Crippen LogP contribution is 2.24. The standard InChI is InChI=1S/C11H17NO3/c1-2-4-12(3-1)9-7-10-11(15-8-9)14-6-5-13-10/h7,10-11H,1-6,8H2/t10-,11+/m0/s1. The van der Waals surface area contributed by atoms with Gasteiger partial charge >= 0.3 is 0 Å². The zero-order chi connectivity index (χ0) is 10.1. The van der Waals surface area contributed by atoms with E-state index in [9.17, 15) is 0 Å². The van der Waals surface area contributed by atoms with Crippen LogP contribution in [0, 0.1) is 0 Å². The van der Waals surface area contributed by atoms with Gasteiger partial charge in [0.1, 0.15) is 6.10 Å². The fourth-order valence-electron chi connectivity index (χ4n) is 2.40. The van der Waals surface area contributed by atoms with Crippen molar-refractivity contribution in [3.8, 4) is 0 Å². The number of fused-ring (bicyclic) bond motifs is 1. The Labute approximate surface area is 89.8 Å². The minimum Gasteiger partial charge on any atom is -0.373 e. The first kappa shape index (κ1) is 9.63. The molecule has 0 aromatic carbocycles. The summed E-state index contributed by atoms with van der Waals surface area (Å²) in [6, 6.07) is 0. The van der Waals surface area contributed by atoms with E-state index in [0.717, 1.165) is 13.1 Å². The minimum absolute atomic E-state index is 0.00287. The largest absolute Gasteiger partial charge is 0.373 e. The van der Waals surface area contributed by atoms with Gasteiger partial charge in [0.25, 0.3) is 0 Å². The van der Waals surface area contributed by atoms with Gasteiger partial charge in [-0.05, 0) is 18.9 Å². The van der Waals surface area contributed by atoms with E-state index in [0.29, 0.717) is 19.8 Å². The van der Waals surface area contributed by atoms with E-state index in [1.54, 1.807) is 0 Å². The monoisotopic (exact) mass is 211 g/mol. The van der Waals surface area contributed by atoms with Gasteiger partial charge in [0.15, 0.2) is 6.29 Å². The smallest absolute Gasteiger partial charge is 0.187 e. The van der Waals surface area contributed by atoms with Crippen molar-refractivity contribution in [3.05, 3.63) is 11.8 Å². The fraction of sp³-hybridized carbons (Fsp3) is 0.818. The number of nitrogens with zero attached hydrogens (tertiary/aromatic N) is 1. The molecule has 15 heavy (non-hydrogen) atoms. The van der Waals surface area contributed by atoms with Crippen molar-refractivity contribution in [1.29, 1.82) is 0 Å². The second-order valence-corrected chi connectivity index (χ2v) is 4.24. The molecule has 3 rings (SSSR count). The molecule has 2 saturated heterocycles. The predicted molar refractivity (Wildman–Crippen MR) is 54.3 cm³/mol. The normalized spacial score (nSPS) is 36.3. The molecule has 4 heteroatoms. The first-order chi connectivity index (χ1) is 7.43. The Morgan fingerprint density at radius 1 is 1.07 bits per heavy atom. The molecule has 0 amide bonds. The van der Waals surface area contributed by atoms with E-state index >= 15 is 0 Å². The molecule has 0 aromatic heterocycles. The topological polar surface area (TPSA) is 30.9 Å². The third-order valence-electron chi connectivity index (χ3n) is 3.21. The number of hydrogen-bond acceptors (Lipinski definition) is 4. The number of likely N-dealkylation sites (tertiary alicyclic amines) is 1. The van der Waals surface area contributed by atoms with Gasteiger partial charge in [-0.25, -0.2) is 0 Å². The van der Waals surface area contributed by atoms with Crippen molar-refractivity contribution in [1.82, 2.24) is 4.90 Å². The van der Waals surface area contributed by atoms with Gasteiger partial charge in [-0.1, -0.05) is 0 Å². The van der Waals surface area contributed by atoms with Gasteiger partial charge in [0, 0.05) is 18.8 Å². The van der Waals surface area contributed by atoms with Gasteiger partial charge in [-0.3, -0.25) is 0 Å². The summed E-state index contributed by atoms with van der Waals surface area (Å²) in [7, 11) is 0. The molecular formula is C11H17NO3. The lowest BCUT2D eigenvalue weighted by Crippen LogP contribution is -2.44. The molecule has 0 aromatic rings. The molecule has 3 aliphatic heterocycles. The second kappa shape index (κ2) is 4.12. The number of rotatable bonds is 1. The van der Waals surface area contributed by atoms with Gasteiger partial charge in [0.05, 0.1) is 19.8 Å². The van der Waals surface area contributed by atoms with E-state index in [1.165, 1.54) is 18.5 Å². The maximum absolute atomic E-state index is 5.65. The van der Waals surface area contributed by atoms with Crippen LogP contribution in [0.1, 0.15) is 12.8 Å². The van der Waals surface area contributed by atoms with E-state index in [4.69, 9.17) is 14.2 Å². The summed E-state index contributed by atoms with van der Waals surface area (Å²) < 4.78 is 16.8. The van der Waals surface area contributed by atoms with Gasteiger partial charge < -0.3 is 19.1 Å². The molecule has 4 nitrogen and oxygen atoms in total. The average Bonchev–Trinajstić information content (AvgIpc) is 2.82. The first-order valence-corrected chi connectivity index (χ1v) is 5.74. The highest BCUT2D eigenvalue weighted by atomic mass is 16.7. The van der Waals surface area contributed by atoms with Crippen molar-refractivity contribution in [2.45, 2.75) is 25.2 Å². The first-order valence-electron chi connectivity index (χ1n) is 5.74. The number of ether oxygens (including phenoxy) is 3. The highest BCUT2D eigenvalue weighted by molar-refractivity contribution is 5.10. The van der Waals surface area contributed by atoms with Crippen LogP contribution in [0.5, 0.6) is 0 Å². The zero-order valence-corrected chi connectivity index (χ0v) is 8.85. The summed E-state index contributed by atoms with van der Waals surface area (Å²) in [5, 5.41) is 0. The lowest BCUT2D eigenvalue weighted by Gasteiger charge is -2.36. The molecule has 0 bridgehead atoms. The molecule has 0 radical (unpaired) electrons. The minimum atomic E-state index is -0.176. The Morgan fingerprint density at radius 2 is 1.87 bits per heavy atom. The summed E-state index contributed by atoms with van der Waals surface area (Å²) in [4.78, 5) is 2.40. The van der Waals surface area contributed by atoms with E-state index in [-0.39, 0.29) is 12.4 Å². The molecule has 0 N–H and O–H groups in total. The summed E-state index contributed by atoms with van der Waals surface area (Å²) in [5.41, 5.74) is 1.28. The van der Waals surface area contributed by atoms with E-state index < -0.39 is 0 Å². The molecule has 2 atom stereocenters. The molecule has 0 spiro atoms. The van der Waals surface area contributed by atoms with Crippen LogP contribution >= 0.6 is 0 Å². The lowest BCUT2D eigenvalue weighted by molar-refractivity contribution is -0.239. The average molecular weight is 211 g/mol. The van der Waals surface area contributed by atoms with Crippen molar-refractivity contribution in [3.63, 3.8) is 0 Å². The maximum Gasteiger partial charge on any atom is 0.187 e. The quantitative estimate of drug-likeness (QED) is 0.640. The van der Waals surface area contributed by atoms with Crippen LogP contribution in [0.4, 0.5) is 0 Å². The Bertz CT molecular complexity index is 261. The van der Waals surface area contributed by atoms with Crippen LogP contribution in [0.15, 0.2) is 11.8 Å². The van der Waals surface area contributed by atoms with Crippen LogP contribution < -0.4 is 0 Å². The molecule has 0 saturated carbocycles. The Hall–Kier alpha value is -0.580. The van der Waals surface area contributed by atoms with Crippen LogP contribution in [0.25, 0.3) is 0 Å². The molecule has 3 aliphatic rings. The summed E-state index contributed by atoms with van der Waals surface area (Å²) >= 11 is 0.